The summed E-state index contributed by atoms with van der Waals surface area (Å²) in [5.41, 5.74) is 0.106. The van der Waals surface area contributed by atoms with Crippen LogP contribution in [0.25, 0.3) is 11.0 Å². The lowest BCUT2D eigenvalue weighted by Gasteiger charge is -2.06. The van der Waals surface area contributed by atoms with E-state index in [0.29, 0.717) is 15.6 Å². The molecule has 0 aliphatic rings. The standard InChI is InChI=1S/C15H9BrO6/c16-13-4-3-11(21-13)15(19)20-7-8-5-14(18)22-12-6-9(17)1-2-10(8)12/h1-6,17H,7H2. The molecule has 112 valence electrons. The number of carbonyl (C=O) groups is 1. The maximum absolute atomic E-state index is 11.8. The monoisotopic (exact) mass is 364 g/mol. The van der Waals surface area contributed by atoms with Gasteiger partial charge in [-0.2, -0.15) is 0 Å². The van der Waals surface area contributed by atoms with E-state index in [1.807, 2.05) is 0 Å². The van der Waals surface area contributed by atoms with Crippen LogP contribution in [0.1, 0.15) is 16.1 Å². The average Bonchev–Trinajstić information content (AvgIpc) is 2.90. The van der Waals surface area contributed by atoms with Crippen LogP contribution in [0.3, 0.4) is 0 Å². The number of phenolic OH excluding ortho intramolecular Hbond substituents is 1. The summed E-state index contributed by atoms with van der Waals surface area (Å²) in [5.74, 6) is -0.618. The number of hydrogen-bond donors (Lipinski definition) is 1. The fourth-order valence-electron chi connectivity index (χ4n) is 1.98. The third-order valence-corrected chi connectivity index (χ3v) is 3.37. The van der Waals surface area contributed by atoms with Crippen LogP contribution in [0, 0.1) is 0 Å². The molecule has 3 rings (SSSR count). The number of ether oxygens (including phenoxy) is 1. The second-order valence-corrected chi connectivity index (χ2v) is 5.23. The van der Waals surface area contributed by atoms with Crippen molar-refractivity contribution in [1.29, 1.82) is 0 Å². The van der Waals surface area contributed by atoms with Crippen LogP contribution in [0.2, 0.25) is 0 Å². The zero-order valence-electron chi connectivity index (χ0n) is 11.0. The molecule has 0 atom stereocenters. The van der Waals surface area contributed by atoms with Gasteiger partial charge < -0.3 is 18.7 Å². The van der Waals surface area contributed by atoms with Crippen molar-refractivity contribution in [3.63, 3.8) is 0 Å². The maximum Gasteiger partial charge on any atom is 0.374 e. The minimum atomic E-state index is -0.647. The Morgan fingerprint density at radius 1 is 1.18 bits per heavy atom. The normalized spacial score (nSPS) is 10.8. The minimum absolute atomic E-state index is 0.0229. The molecule has 2 aromatic heterocycles. The Hall–Kier alpha value is -2.54. The SMILES string of the molecule is O=C(OCc1cc(=O)oc2cc(O)ccc12)c1ccc(Br)o1. The van der Waals surface area contributed by atoms with Gasteiger partial charge in [-0.1, -0.05) is 0 Å². The molecule has 3 aromatic rings. The third kappa shape index (κ3) is 2.89. The lowest BCUT2D eigenvalue weighted by molar-refractivity contribution is 0.0435. The van der Waals surface area contributed by atoms with Crippen molar-refractivity contribution < 1.29 is 23.5 Å². The molecule has 22 heavy (non-hydrogen) atoms. The summed E-state index contributed by atoms with van der Waals surface area (Å²) in [4.78, 5) is 23.3. The van der Waals surface area contributed by atoms with Crippen molar-refractivity contribution in [1.82, 2.24) is 0 Å². The highest BCUT2D eigenvalue weighted by molar-refractivity contribution is 9.10. The Kier molecular flexibility index (Phi) is 3.72. The molecule has 6 nitrogen and oxygen atoms in total. The quantitative estimate of drug-likeness (QED) is 0.566. The molecule has 0 fully saturated rings. The van der Waals surface area contributed by atoms with Crippen LogP contribution < -0.4 is 5.63 Å². The fraction of sp³-hybridized carbons (Fsp3) is 0.0667. The molecule has 0 radical (unpaired) electrons. The van der Waals surface area contributed by atoms with Crippen LogP contribution in [0.4, 0.5) is 0 Å². The van der Waals surface area contributed by atoms with Crippen molar-refractivity contribution in [2.24, 2.45) is 0 Å². The van der Waals surface area contributed by atoms with Gasteiger partial charge >= 0.3 is 11.6 Å². The molecule has 0 saturated heterocycles. The predicted octanol–water partition coefficient (Wildman–Crippen LogP) is 3.21. The van der Waals surface area contributed by atoms with Gasteiger partial charge in [0, 0.05) is 23.1 Å². The first kappa shape index (κ1) is 14.4. The number of fused-ring (bicyclic) bond motifs is 1. The summed E-state index contributed by atoms with van der Waals surface area (Å²) in [6, 6.07) is 8.65. The summed E-state index contributed by atoms with van der Waals surface area (Å²) in [5, 5.41) is 9.99. The molecule has 0 bridgehead atoms. The number of phenols is 1. The summed E-state index contributed by atoms with van der Waals surface area (Å²) < 4.78 is 15.6. The van der Waals surface area contributed by atoms with Crippen LogP contribution in [-0.2, 0) is 11.3 Å². The van der Waals surface area contributed by atoms with Gasteiger partial charge in [-0.3, -0.25) is 0 Å². The van der Waals surface area contributed by atoms with Crippen molar-refractivity contribution in [2.75, 3.05) is 0 Å². The second-order valence-electron chi connectivity index (χ2n) is 4.45. The van der Waals surface area contributed by atoms with E-state index in [-0.39, 0.29) is 23.7 Å². The Balaban J connectivity index is 1.87. The molecule has 0 spiro atoms. The minimum Gasteiger partial charge on any atom is -0.508 e. The zero-order valence-corrected chi connectivity index (χ0v) is 12.6. The van der Waals surface area contributed by atoms with E-state index in [1.54, 1.807) is 12.1 Å². The summed E-state index contributed by atoms with van der Waals surface area (Å²) in [6.45, 7) is -0.121. The number of rotatable bonds is 3. The first-order valence-corrected chi connectivity index (χ1v) is 7.00. The molecule has 2 heterocycles. The van der Waals surface area contributed by atoms with E-state index in [1.165, 1.54) is 24.3 Å². The largest absolute Gasteiger partial charge is 0.508 e. The molecule has 0 unspecified atom stereocenters. The Morgan fingerprint density at radius 2 is 2.00 bits per heavy atom. The highest BCUT2D eigenvalue weighted by atomic mass is 79.9. The fourth-order valence-corrected chi connectivity index (χ4v) is 2.28. The lowest BCUT2D eigenvalue weighted by Crippen LogP contribution is -2.07. The zero-order chi connectivity index (χ0) is 15.7. The Labute approximate surface area is 132 Å². The Morgan fingerprint density at radius 3 is 2.73 bits per heavy atom. The molecule has 0 aliphatic heterocycles. The molecule has 0 amide bonds. The number of hydrogen-bond acceptors (Lipinski definition) is 6. The van der Waals surface area contributed by atoms with E-state index >= 15 is 0 Å². The van der Waals surface area contributed by atoms with E-state index in [0.717, 1.165) is 0 Å². The van der Waals surface area contributed by atoms with Gasteiger partial charge in [-0.15, -0.1) is 0 Å². The van der Waals surface area contributed by atoms with Gasteiger partial charge in [-0.05, 0) is 40.2 Å². The van der Waals surface area contributed by atoms with Gasteiger partial charge in [0.15, 0.2) is 4.67 Å². The lowest BCUT2D eigenvalue weighted by atomic mass is 10.1. The van der Waals surface area contributed by atoms with Crippen LogP contribution in [0.5, 0.6) is 5.75 Å². The van der Waals surface area contributed by atoms with Gasteiger partial charge in [0.1, 0.15) is 17.9 Å². The average molecular weight is 365 g/mol. The number of furan rings is 1. The molecular formula is C15H9BrO6. The summed E-state index contributed by atoms with van der Waals surface area (Å²) in [6.07, 6.45) is 0. The van der Waals surface area contributed by atoms with Crippen molar-refractivity contribution in [3.8, 4) is 5.75 Å². The van der Waals surface area contributed by atoms with Crippen molar-refractivity contribution >= 4 is 32.9 Å². The molecule has 1 N–H and O–H groups in total. The third-order valence-electron chi connectivity index (χ3n) is 2.95. The number of esters is 1. The predicted molar refractivity (Wildman–Crippen MR) is 79.7 cm³/mol. The summed E-state index contributed by atoms with van der Waals surface area (Å²) >= 11 is 3.09. The number of aromatic hydroxyl groups is 1. The number of benzene rings is 1. The van der Waals surface area contributed by atoms with Gasteiger partial charge in [0.2, 0.25) is 5.76 Å². The van der Waals surface area contributed by atoms with Crippen LogP contribution in [-0.4, -0.2) is 11.1 Å². The van der Waals surface area contributed by atoms with E-state index in [4.69, 9.17) is 13.6 Å². The maximum atomic E-state index is 11.8. The van der Waals surface area contributed by atoms with Crippen LogP contribution >= 0.6 is 15.9 Å². The van der Waals surface area contributed by atoms with Gasteiger partial charge in [0.25, 0.3) is 0 Å². The first-order valence-electron chi connectivity index (χ1n) is 6.21. The molecule has 0 aliphatic carbocycles. The molecule has 7 heteroatoms. The second kappa shape index (κ2) is 5.69. The first-order chi connectivity index (χ1) is 10.5. The molecule has 1 aromatic carbocycles. The molecule has 0 saturated carbocycles. The highest BCUT2D eigenvalue weighted by Crippen LogP contribution is 2.23. The Bertz CT molecular complexity index is 908. The highest BCUT2D eigenvalue weighted by Gasteiger charge is 2.14. The molecular weight excluding hydrogens is 356 g/mol. The van der Waals surface area contributed by atoms with Crippen molar-refractivity contribution in [3.05, 3.63) is 62.8 Å². The number of halogens is 1. The van der Waals surface area contributed by atoms with Crippen LogP contribution in [0.15, 0.2) is 54.7 Å². The number of carbonyl (C=O) groups excluding carboxylic acids is 1. The summed E-state index contributed by atoms with van der Waals surface area (Å²) in [7, 11) is 0. The van der Waals surface area contributed by atoms with Crippen molar-refractivity contribution in [2.45, 2.75) is 6.61 Å². The van der Waals surface area contributed by atoms with Gasteiger partial charge in [-0.25, -0.2) is 9.59 Å². The smallest absolute Gasteiger partial charge is 0.374 e. The van der Waals surface area contributed by atoms with E-state index in [2.05, 4.69) is 15.9 Å². The topological polar surface area (TPSA) is 89.9 Å². The van der Waals surface area contributed by atoms with E-state index in [9.17, 15) is 14.7 Å². The van der Waals surface area contributed by atoms with Gasteiger partial charge in [0.05, 0.1) is 0 Å². The van der Waals surface area contributed by atoms with E-state index < -0.39 is 11.6 Å².